The summed E-state index contributed by atoms with van der Waals surface area (Å²) in [5, 5.41) is 1.57. The molecule has 42 valence electrons. The maximum Gasteiger partial charge on any atom is 0.130 e. The number of halogens is 1. The van der Waals surface area contributed by atoms with Gasteiger partial charge >= 0.3 is 0 Å². The Labute approximate surface area is 41.8 Å². The van der Waals surface area contributed by atoms with Crippen molar-refractivity contribution in [1.82, 2.24) is 5.06 Å². The van der Waals surface area contributed by atoms with Crippen LogP contribution >= 0.6 is 0 Å². The van der Waals surface area contributed by atoms with Gasteiger partial charge in [-0.25, -0.2) is 4.39 Å². The fourth-order valence-electron chi connectivity index (χ4n) is 0.538. The number of rotatable bonds is 1. The molecule has 1 rings (SSSR count). The van der Waals surface area contributed by atoms with Crippen LogP contribution in [0, 0.1) is 0 Å². The Bertz CT molecular complexity index is 62.7. The first-order chi connectivity index (χ1) is 3.33. The van der Waals surface area contributed by atoms with Gasteiger partial charge in [-0.2, -0.15) is 5.06 Å². The Morgan fingerprint density at radius 2 is 2.29 bits per heavy atom. The molecule has 0 unspecified atom stereocenters. The van der Waals surface area contributed by atoms with Crippen molar-refractivity contribution >= 4 is 0 Å². The summed E-state index contributed by atoms with van der Waals surface area (Å²) in [6, 6.07) is 0. The second-order valence-corrected chi connectivity index (χ2v) is 1.63. The molecule has 0 amide bonds. The summed E-state index contributed by atoms with van der Waals surface area (Å²) in [6.07, 6.45) is -0.653. The number of hydrogen-bond acceptors (Lipinski definition) is 2. The summed E-state index contributed by atoms with van der Waals surface area (Å²) < 4.78 is 11.8. The lowest BCUT2D eigenvalue weighted by molar-refractivity contribution is -0.200. The predicted octanol–water partition coefficient (Wildman–Crippen LogP) is 0.201. The van der Waals surface area contributed by atoms with Crippen molar-refractivity contribution in [2.45, 2.75) is 6.17 Å². The topological polar surface area (TPSA) is 12.5 Å². The maximum atomic E-state index is 11.8. The van der Waals surface area contributed by atoms with Gasteiger partial charge in [0.05, 0.1) is 20.2 Å². The Morgan fingerprint density at radius 3 is 2.43 bits per heavy atom. The van der Waals surface area contributed by atoms with E-state index in [0.717, 1.165) is 0 Å². The molecule has 1 aliphatic rings. The third kappa shape index (κ3) is 0.894. The van der Waals surface area contributed by atoms with E-state index in [2.05, 4.69) is 4.84 Å². The average Bonchev–Trinajstić information content (AvgIpc) is 1.58. The van der Waals surface area contributed by atoms with Gasteiger partial charge in [0, 0.05) is 0 Å². The first-order valence-electron chi connectivity index (χ1n) is 2.26. The molecule has 0 aromatic heterocycles. The van der Waals surface area contributed by atoms with Crippen molar-refractivity contribution < 1.29 is 9.23 Å². The van der Waals surface area contributed by atoms with E-state index in [4.69, 9.17) is 0 Å². The van der Waals surface area contributed by atoms with E-state index in [1.54, 1.807) is 12.2 Å². The third-order valence-corrected chi connectivity index (χ3v) is 1.06. The third-order valence-electron chi connectivity index (χ3n) is 1.06. The molecule has 0 aromatic carbocycles. The molecule has 1 saturated heterocycles. The summed E-state index contributed by atoms with van der Waals surface area (Å²) in [5.74, 6) is 0. The van der Waals surface area contributed by atoms with E-state index in [0.29, 0.717) is 13.1 Å². The van der Waals surface area contributed by atoms with E-state index < -0.39 is 6.17 Å². The lowest BCUT2D eigenvalue weighted by Gasteiger charge is -2.31. The zero-order valence-electron chi connectivity index (χ0n) is 4.22. The Hall–Kier alpha value is -0.150. The molecule has 2 nitrogen and oxygen atoms in total. The average molecular weight is 105 g/mol. The second-order valence-electron chi connectivity index (χ2n) is 1.63. The van der Waals surface area contributed by atoms with Crippen molar-refractivity contribution in [2.24, 2.45) is 0 Å². The number of alkyl halides is 1. The maximum absolute atomic E-state index is 11.8. The van der Waals surface area contributed by atoms with Crippen molar-refractivity contribution in [2.75, 3.05) is 20.2 Å². The fraction of sp³-hybridized carbons (Fsp3) is 1.00. The smallest absolute Gasteiger partial charge is 0.130 e. The van der Waals surface area contributed by atoms with Gasteiger partial charge in [0.25, 0.3) is 0 Å². The molecule has 1 aliphatic heterocycles. The molecular weight excluding hydrogens is 97.0 g/mol. The SMILES string of the molecule is CON1CC(F)C1. The molecule has 0 atom stereocenters. The molecule has 0 spiro atoms. The highest BCUT2D eigenvalue weighted by Crippen LogP contribution is 2.09. The Morgan fingerprint density at radius 1 is 1.71 bits per heavy atom. The quantitative estimate of drug-likeness (QED) is 0.472. The standard InChI is InChI=1S/C4H8FNO/c1-7-6-2-4(5)3-6/h4H,2-3H2,1H3. The Balaban J connectivity index is 2.06. The molecular formula is C4H8FNO. The van der Waals surface area contributed by atoms with E-state index in [1.165, 1.54) is 0 Å². The highest BCUT2D eigenvalue weighted by atomic mass is 19.1. The van der Waals surface area contributed by atoms with E-state index in [9.17, 15) is 4.39 Å². The summed E-state index contributed by atoms with van der Waals surface area (Å²) in [6.45, 7) is 0.882. The van der Waals surface area contributed by atoms with Crippen LogP contribution in [0.4, 0.5) is 4.39 Å². The minimum atomic E-state index is -0.653. The van der Waals surface area contributed by atoms with Crippen LogP contribution in [0.3, 0.4) is 0 Å². The van der Waals surface area contributed by atoms with Crippen LogP contribution in [-0.2, 0) is 4.84 Å². The molecule has 7 heavy (non-hydrogen) atoms. The van der Waals surface area contributed by atoms with Crippen LogP contribution in [0.2, 0.25) is 0 Å². The zero-order chi connectivity index (χ0) is 5.28. The van der Waals surface area contributed by atoms with E-state index in [1.807, 2.05) is 0 Å². The molecule has 1 fully saturated rings. The molecule has 0 aromatic rings. The van der Waals surface area contributed by atoms with Crippen molar-refractivity contribution in [3.63, 3.8) is 0 Å². The van der Waals surface area contributed by atoms with Crippen molar-refractivity contribution in [3.8, 4) is 0 Å². The van der Waals surface area contributed by atoms with E-state index >= 15 is 0 Å². The van der Waals surface area contributed by atoms with Gasteiger partial charge in [0.15, 0.2) is 0 Å². The van der Waals surface area contributed by atoms with Gasteiger partial charge in [-0.3, -0.25) is 0 Å². The van der Waals surface area contributed by atoms with Crippen molar-refractivity contribution in [1.29, 1.82) is 0 Å². The molecule has 0 aliphatic carbocycles. The van der Waals surface area contributed by atoms with Crippen molar-refractivity contribution in [3.05, 3.63) is 0 Å². The summed E-state index contributed by atoms with van der Waals surface area (Å²) in [7, 11) is 1.55. The van der Waals surface area contributed by atoms with Gasteiger partial charge in [-0.1, -0.05) is 0 Å². The van der Waals surface area contributed by atoms with Crippen LogP contribution < -0.4 is 0 Å². The first kappa shape index (κ1) is 5.00. The fourth-order valence-corrected chi connectivity index (χ4v) is 0.538. The number of hydrogen-bond donors (Lipinski definition) is 0. The van der Waals surface area contributed by atoms with Gasteiger partial charge in [-0.05, 0) is 0 Å². The Kier molecular flexibility index (Phi) is 1.25. The molecule has 1 heterocycles. The molecule has 0 N–H and O–H groups in total. The highest BCUT2D eigenvalue weighted by molar-refractivity contribution is 4.71. The summed E-state index contributed by atoms with van der Waals surface area (Å²) in [4.78, 5) is 4.65. The monoisotopic (exact) mass is 105 g/mol. The van der Waals surface area contributed by atoms with Gasteiger partial charge < -0.3 is 4.84 Å². The molecule has 0 bridgehead atoms. The minimum Gasteiger partial charge on any atom is -0.302 e. The molecule has 0 radical (unpaired) electrons. The highest BCUT2D eigenvalue weighted by Gasteiger charge is 2.25. The second kappa shape index (κ2) is 1.76. The van der Waals surface area contributed by atoms with E-state index in [-0.39, 0.29) is 0 Å². The largest absolute Gasteiger partial charge is 0.302 e. The van der Waals surface area contributed by atoms with Crippen LogP contribution in [0.5, 0.6) is 0 Å². The van der Waals surface area contributed by atoms with Crippen LogP contribution in [0.1, 0.15) is 0 Å². The van der Waals surface area contributed by atoms with Crippen LogP contribution in [0.25, 0.3) is 0 Å². The normalized spacial score (nSPS) is 24.9. The van der Waals surface area contributed by atoms with Gasteiger partial charge in [0.2, 0.25) is 0 Å². The first-order valence-corrected chi connectivity index (χ1v) is 2.26. The predicted molar refractivity (Wildman–Crippen MR) is 23.5 cm³/mol. The minimum absolute atomic E-state index is 0.441. The van der Waals surface area contributed by atoms with Gasteiger partial charge in [-0.15, -0.1) is 0 Å². The summed E-state index contributed by atoms with van der Waals surface area (Å²) >= 11 is 0. The van der Waals surface area contributed by atoms with Crippen LogP contribution in [0.15, 0.2) is 0 Å². The summed E-state index contributed by atoms with van der Waals surface area (Å²) in [5.41, 5.74) is 0. The lowest BCUT2D eigenvalue weighted by atomic mass is 10.2. The molecule has 3 heteroatoms. The van der Waals surface area contributed by atoms with Gasteiger partial charge in [0.1, 0.15) is 6.17 Å². The number of hydroxylamine groups is 2. The lowest BCUT2D eigenvalue weighted by Crippen LogP contribution is -2.47. The number of nitrogens with zero attached hydrogens (tertiary/aromatic N) is 1. The zero-order valence-corrected chi connectivity index (χ0v) is 4.22. The molecule has 0 saturated carbocycles. The van der Waals surface area contributed by atoms with Crippen LogP contribution in [-0.4, -0.2) is 31.4 Å².